The molecule has 142 valence electrons. The lowest BCUT2D eigenvalue weighted by Gasteiger charge is -2.47. The number of carbonyl (C=O) groups is 2. The number of nitrogens with zero attached hydrogens (tertiary/aromatic N) is 2. The van der Waals surface area contributed by atoms with E-state index in [-0.39, 0.29) is 38.1 Å². The lowest BCUT2D eigenvalue weighted by atomic mass is 10.1. The van der Waals surface area contributed by atoms with Crippen LogP contribution < -0.4 is 4.74 Å². The Morgan fingerprint density at radius 3 is 2.15 bits per heavy atom. The summed E-state index contributed by atoms with van der Waals surface area (Å²) in [4.78, 5) is 27.9. The molecule has 2 fully saturated rings. The molecule has 2 amide bonds. The fourth-order valence-electron chi connectivity index (χ4n) is 3.09. The number of hydrogen-bond donors (Lipinski definition) is 0. The van der Waals surface area contributed by atoms with E-state index in [0.29, 0.717) is 32.1 Å². The molecule has 1 aromatic carbocycles. The highest BCUT2D eigenvalue weighted by Gasteiger charge is 2.44. The summed E-state index contributed by atoms with van der Waals surface area (Å²) in [7, 11) is 1.48. The average Bonchev–Trinajstić information content (AvgIpc) is 2.67. The molecule has 0 radical (unpaired) electrons. The Bertz CT molecular complexity index is 621. The minimum atomic E-state index is -0.984. The zero-order chi connectivity index (χ0) is 18.4. The highest BCUT2D eigenvalue weighted by molar-refractivity contribution is 5.78. The number of benzene rings is 1. The first-order valence-electron chi connectivity index (χ1n) is 8.62. The molecular weight excluding hydrogens is 340 g/mol. The van der Waals surface area contributed by atoms with E-state index in [9.17, 15) is 9.59 Å². The number of methoxy groups -OCH3 is 1. The molecule has 2 aliphatic heterocycles. The van der Waals surface area contributed by atoms with E-state index in [4.69, 9.17) is 18.9 Å². The Morgan fingerprint density at radius 1 is 1.00 bits per heavy atom. The second-order valence-corrected chi connectivity index (χ2v) is 6.27. The first kappa shape index (κ1) is 18.6. The van der Waals surface area contributed by atoms with Crippen LogP contribution in [0.25, 0.3) is 0 Å². The number of ether oxygens (including phenoxy) is 4. The Labute approximate surface area is 152 Å². The van der Waals surface area contributed by atoms with Crippen molar-refractivity contribution in [2.24, 2.45) is 0 Å². The SMILES string of the molecule is COCC(=O)N1CCOC2(C1)CN(C(=O)COc1ccccc1)CCO2. The Kier molecular flexibility index (Phi) is 6.08. The highest BCUT2D eigenvalue weighted by atomic mass is 16.7. The van der Waals surface area contributed by atoms with E-state index in [1.807, 2.05) is 18.2 Å². The first-order valence-corrected chi connectivity index (χ1v) is 8.62. The van der Waals surface area contributed by atoms with Crippen molar-refractivity contribution in [1.29, 1.82) is 0 Å². The molecule has 0 bridgehead atoms. The van der Waals surface area contributed by atoms with Crippen molar-refractivity contribution in [2.45, 2.75) is 5.79 Å². The van der Waals surface area contributed by atoms with Crippen LogP contribution in [0.2, 0.25) is 0 Å². The zero-order valence-corrected chi connectivity index (χ0v) is 14.9. The van der Waals surface area contributed by atoms with Crippen molar-refractivity contribution in [3.8, 4) is 5.75 Å². The fourth-order valence-corrected chi connectivity index (χ4v) is 3.09. The minimum Gasteiger partial charge on any atom is -0.484 e. The van der Waals surface area contributed by atoms with Gasteiger partial charge in [0.05, 0.1) is 26.3 Å². The van der Waals surface area contributed by atoms with Crippen LogP contribution in [0.4, 0.5) is 0 Å². The number of para-hydroxylation sites is 1. The summed E-state index contributed by atoms with van der Waals surface area (Å²) in [5.41, 5.74) is 0. The van der Waals surface area contributed by atoms with Gasteiger partial charge in [0.15, 0.2) is 6.61 Å². The van der Waals surface area contributed by atoms with Gasteiger partial charge in [-0.1, -0.05) is 18.2 Å². The lowest BCUT2D eigenvalue weighted by molar-refractivity contribution is -0.287. The van der Waals surface area contributed by atoms with Gasteiger partial charge in [-0.25, -0.2) is 0 Å². The molecule has 26 heavy (non-hydrogen) atoms. The molecule has 8 heteroatoms. The number of carbonyl (C=O) groups excluding carboxylic acids is 2. The van der Waals surface area contributed by atoms with Crippen molar-refractivity contribution < 1.29 is 28.5 Å². The molecule has 8 nitrogen and oxygen atoms in total. The standard InChI is InChI=1S/C18H24N2O6/c1-23-11-16(21)19-7-9-25-18(13-19)14-20(8-10-26-18)17(22)12-24-15-5-3-2-4-6-15/h2-6H,7-14H2,1H3. The Morgan fingerprint density at radius 2 is 1.58 bits per heavy atom. The molecule has 0 N–H and O–H groups in total. The quantitative estimate of drug-likeness (QED) is 0.739. The third kappa shape index (κ3) is 4.51. The fraction of sp³-hybridized carbons (Fsp3) is 0.556. The van der Waals surface area contributed by atoms with Gasteiger partial charge in [0.2, 0.25) is 11.7 Å². The topological polar surface area (TPSA) is 77.5 Å². The summed E-state index contributed by atoms with van der Waals surface area (Å²) >= 11 is 0. The van der Waals surface area contributed by atoms with Crippen molar-refractivity contribution in [1.82, 2.24) is 9.80 Å². The summed E-state index contributed by atoms with van der Waals surface area (Å²) in [6, 6.07) is 9.20. The number of morpholine rings is 2. The van der Waals surface area contributed by atoms with E-state index >= 15 is 0 Å². The minimum absolute atomic E-state index is 0.0175. The van der Waals surface area contributed by atoms with Crippen molar-refractivity contribution in [3.63, 3.8) is 0 Å². The normalized spacial score (nSPS) is 23.1. The van der Waals surface area contributed by atoms with Crippen LogP contribution in [0.1, 0.15) is 0 Å². The smallest absolute Gasteiger partial charge is 0.260 e. The van der Waals surface area contributed by atoms with Gasteiger partial charge in [-0.15, -0.1) is 0 Å². The van der Waals surface area contributed by atoms with E-state index in [1.54, 1.807) is 21.9 Å². The Hall–Kier alpha value is -2.16. The summed E-state index contributed by atoms with van der Waals surface area (Å²) < 4.78 is 22.1. The third-order valence-corrected chi connectivity index (χ3v) is 4.39. The van der Waals surface area contributed by atoms with E-state index in [1.165, 1.54) is 7.11 Å². The van der Waals surface area contributed by atoms with Crippen molar-refractivity contribution in [2.75, 3.05) is 59.7 Å². The molecule has 1 spiro atoms. The van der Waals surface area contributed by atoms with Crippen LogP contribution in [0.5, 0.6) is 5.75 Å². The number of amides is 2. The maximum atomic E-state index is 12.5. The molecule has 3 rings (SSSR count). The highest BCUT2D eigenvalue weighted by Crippen LogP contribution is 2.25. The molecule has 2 saturated heterocycles. The average molecular weight is 364 g/mol. The van der Waals surface area contributed by atoms with Crippen LogP contribution in [0, 0.1) is 0 Å². The molecule has 0 saturated carbocycles. The van der Waals surface area contributed by atoms with Gasteiger partial charge in [0.25, 0.3) is 5.91 Å². The van der Waals surface area contributed by atoms with Crippen LogP contribution in [-0.4, -0.2) is 87.1 Å². The predicted molar refractivity (Wildman–Crippen MR) is 91.6 cm³/mol. The third-order valence-electron chi connectivity index (χ3n) is 4.39. The molecule has 1 aromatic rings. The zero-order valence-electron chi connectivity index (χ0n) is 14.9. The van der Waals surface area contributed by atoms with E-state index in [2.05, 4.69) is 0 Å². The summed E-state index contributed by atoms with van der Waals surface area (Å²) in [5.74, 6) is -0.591. The molecule has 1 atom stereocenters. The van der Waals surface area contributed by atoms with Gasteiger partial charge in [0, 0.05) is 20.2 Å². The second-order valence-electron chi connectivity index (χ2n) is 6.27. The van der Waals surface area contributed by atoms with Crippen LogP contribution in [0.3, 0.4) is 0 Å². The lowest BCUT2D eigenvalue weighted by Crippen LogP contribution is -2.64. The summed E-state index contributed by atoms with van der Waals surface area (Å²) in [5, 5.41) is 0. The molecule has 0 aliphatic carbocycles. The monoisotopic (exact) mass is 364 g/mol. The molecule has 2 heterocycles. The van der Waals surface area contributed by atoms with E-state index < -0.39 is 5.79 Å². The number of rotatable bonds is 5. The summed E-state index contributed by atoms with van der Waals surface area (Å²) in [6.45, 7) is 2.17. The van der Waals surface area contributed by atoms with Gasteiger partial charge in [-0.3, -0.25) is 9.59 Å². The largest absolute Gasteiger partial charge is 0.484 e. The molecule has 0 aromatic heterocycles. The van der Waals surface area contributed by atoms with Gasteiger partial charge in [-0.05, 0) is 12.1 Å². The second kappa shape index (κ2) is 8.48. The van der Waals surface area contributed by atoms with Crippen molar-refractivity contribution in [3.05, 3.63) is 30.3 Å². The predicted octanol–water partition coefficient (Wildman–Crippen LogP) is 0.126. The van der Waals surface area contributed by atoms with Gasteiger partial charge >= 0.3 is 0 Å². The first-order chi connectivity index (χ1) is 12.6. The van der Waals surface area contributed by atoms with Crippen LogP contribution in [-0.2, 0) is 23.8 Å². The van der Waals surface area contributed by atoms with Gasteiger partial charge < -0.3 is 28.7 Å². The molecular formula is C18H24N2O6. The van der Waals surface area contributed by atoms with E-state index in [0.717, 1.165) is 0 Å². The van der Waals surface area contributed by atoms with Crippen LogP contribution >= 0.6 is 0 Å². The Balaban J connectivity index is 1.57. The molecule has 1 unspecified atom stereocenters. The van der Waals surface area contributed by atoms with Gasteiger partial charge in [0.1, 0.15) is 12.4 Å². The maximum absolute atomic E-state index is 12.5. The van der Waals surface area contributed by atoms with Crippen molar-refractivity contribution >= 4 is 11.8 Å². The maximum Gasteiger partial charge on any atom is 0.260 e. The van der Waals surface area contributed by atoms with Crippen LogP contribution in [0.15, 0.2) is 30.3 Å². The summed E-state index contributed by atoms with van der Waals surface area (Å²) in [6.07, 6.45) is 0. The number of hydrogen-bond acceptors (Lipinski definition) is 6. The molecule has 2 aliphatic rings. The van der Waals surface area contributed by atoms with Gasteiger partial charge in [-0.2, -0.15) is 0 Å².